The summed E-state index contributed by atoms with van der Waals surface area (Å²) in [5.41, 5.74) is 2.03. The molecule has 0 atom stereocenters. The van der Waals surface area contributed by atoms with E-state index < -0.39 is 0 Å². The quantitative estimate of drug-likeness (QED) is 0.697. The molecule has 0 saturated carbocycles. The summed E-state index contributed by atoms with van der Waals surface area (Å²) in [5.74, 6) is 0.515. The first-order chi connectivity index (χ1) is 14.2. The minimum atomic E-state index is -0.307. The van der Waals surface area contributed by atoms with Crippen LogP contribution in [0.25, 0.3) is 0 Å². The molecule has 1 saturated heterocycles. The maximum Gasteiger partial charge on any atom is 0.321 e. The average Bonchev–Trinajstić information content (AvgIpc) is 3.15. The Morgan fingerprint density at radius 3 is 2.41 bits per heavy atom. The summed E-state index contributed by atoms with van der Waals surface area (Å²) in [6, 6.07) is 16.8. The highest BCUT2D eigenvalue weighted by Gasteiger charge is 2.19. The van der Waals surface area contributed by atoms with Crippen LogP contribution in [-0.4, -0.2) is 33.2 Å². The van der Waals surface area contributed by atoms with Gasteiger partial charge in [0.2, 0.25) is 5.91 Å². The summed E-state index contributed by atoms with van der Waals surface area (Å²) in [6.07, 6.45) is 4.40. The largest absolute Gasteiger partial charge is 0.424 e. The van der Waals surface area contributed by atoms with Crippen LogP contribution >= 0.6 is 0 Å². The zero-order chi connectivity index (χ0) is 20.1. The number of carbonyl (C=O) groups is 2. The number of hydrogen-bond acceptors (Lipinski definition) is 5. The van der Waals surface area contributed by atoms with E-state index in [4.69, 9.17) is 4.74 Å². The molecule has 7 nitrogen and oxygen atoms in total. The standard InChI is InChI=1S/C22H20N4O3/c27-20-7-4-12-26(20)15-16-8-10-18(11-9-16)25-21(28)17-13-23-22(24-14-17)29-19-5-2-1-3-6-19/h1-3,5-6,8-11,13-14H,4,7,12,15H2,(H,25,28). The number of aromatic nitrogens is 2. The van der Waals surface area contributed by atoms with Crippen molar-refractivity contribution in [1.29, 1.82) is 0 Å². The van der Waals surface area contributed by atoms with Crippen molar-refractivity contribution in [2.75, 3.05) is 11.9 Å². The van der Waals surface area contributed by atoms with Gasteiger partial charge in [-0.1, -0.05) is 30.3 Å². The van der Waals surface area contributed by atoms with E-state index in [9.17, 15) is 9.59 Å². The first-order valence-corrected chi connectivity index (χ1v) is 9.40. The highest BCUT2D eigenvalue weighted by Crippen LogP contribution is 2.18. The number of anilines is 1. The molecule has 0 bridgehead atoms. The Hall–Kier alpha value is -3.74. The monoisotopic (exact) mass is 388 g/mol. The molecule has 7 heteroatoms. The zero-order valence-corrected chi connectivity index (χ0v) is 15.7. The van der Waals surface area contributed by atoms with Gasteiger partial charge >= 0.3 is 6.01 Å². The molecule has 4 rings (SSSR count). The molecule has 29 heavy (non-hydrogen) atoms. The maximum atomic E-state index is 12.4. The molecule has 2 amide bonds. The topological polar surface area (TPSA) is 84.4 Å². The second-order valence-electron chi connectivity index (χ2n) is 6.74. The molecule has 3 aromatic rings. The van der Waals surface area contributed by atoms with Gasteiger partial charge in [0.25, 0.3) is 5.91 Å². The van der Waals surface area contributed by atoms with Gasteiger partial charge in [-0.05, 0) is 36.2 Å². The molecule has 0 spiro atoms. The van der Waals surface area contributed by atoms with E-state index in [0.29, 0.717) is 30.0 Å². The number of para-hydroxylation sites is 1. The predicted octanol–water partition coefficient (Wildman–Crippen LogP) is 3.64. The van der Waals surface area contributed by atoms with Crippen LogP contribution in [0.15, 0.2) is 67.0 Å². The van der Waals surface area contributed by atoms with Crippen LogP contribution in [0, 0.1) is 0 Å². The van der Waals surface area contributed by atoms with Crippen LogP contribution in [0.1, 0.15) is 28.8 Å². The molecule has 1 aliphatic rings. The Bertz CT molecular complexity index is 989. The predicted molar refractivity (Wildman–Crippen MR) is 108 cm³/mol. The molecule has 1 fully saturated rings. The van der Waals surface area contributed by atoms with Crippen LogP contribution in [-0.2, 0) is 11.3 Å². The lowest BCUT2D eigenvalue weighted by Crippen LogP contribution is -2.23. The van der Waals surface area contributed by atoms with E-state index >= 15 is 0 Å². The highest BCUT2D eigenvalue weighted by atomic mass is 16.5. The highest BCUT2D eigenvalue weighted by molar-refractivity contribution is 6.03. The fourth-order valence-electron chi connectivity index (χ4n) is 3.07. The van der Waals surface area contributed by atoms with E-state index in [0.717, 1.165) is 18.5 Å². The molecule has 2 aromatic carbocycles. The number of amides is 2. The summed E-state index contributed by atoms with van der Waals surface area (Å²) < 4.78 is 5.52. The number of ether oxygens (including phenoxy) is 1. The third-order valence-electron chi connectivity index (χ3n) is 4.60. The third kappa shape index (κ3) is 4.76. The van der Waals surface area contributed by atoms with Crippen molar-refractivity contribution in [3.8, 4) is 11.8 Å². The molecular weight excluding hydrogens is 368 g/mol. The Kier molecular flexibility index (Phi) is 5.47. The Morgan fingerprint density at radius 2 is 1.76 bits per heavy atom. The maximum absolute atomic E-state index is 12.4. The molecule has 1 aromatic heterocycles. The molecule has 0 aliphatic carbocycles. The van der Waals surface area contributed by atoms with Crippen LogP contribution < -0.4 is 10.1 Å². The Morgan fingerprint density at radius 1 is 1.03 bits per heavy atom. The molecule has 2 heterocycles. The molecule has 1 N–H and O–H groups in total. The van der Waals surface area contributed by atoms with E-state index in [1.54, 1.807) is 12.1 Å². The smallest absolute Gasteiger partial charge is 0.321 e. The van der Waals surface area contributed by atoms with E-state index in [1.807, 2.05) is 47.4 Å². The van der Waals surface area contributed by atoms with E-state index in [1.165, 1.54) is 12.4 Å². The second-order valence-corrected chi connectivity index (χ2v) is 6.74. The summed E-state index contributed by atoms with van der Waals surface area (Å²) >= 11 is 0. The number of hydrogen-bond donors (Lipinski definition) is 1. The van der Waals surface area contributed by atoms with Crippen molar-refractivity contribution in [2.24, 2.45) is 0 Å². The third-order valence-corrected chi connectivity index (χ3v) is 4.60. The molecule has 1 aliphatic heterocycles. The van der Waals surface area contributed by atoms with E-state index in [2.05, 4.69) is 15.3 Å². The van der Waals surface area contributed by atoms with Crippen molar-refractivity contribution in [1.82, 2.24) is 14.9 Å². The van der Waals surface area contributed by atoms with Gasteiger partial charge in [0.1, 0.15) is 5.75 Å². The van der Waals surface area contributed by atoms with Crippen molar-refractivity contribution >= 4 is 17.5 Å². The van der Waals surface area contributed by atoms with Crippen LogP contribution in [0.3, 0.4) is 0 Å². The average molecular weight is 388 g/mol. The van der Waals surface area contributed by atoms with Crippen molar-refractivity contribution in [3.05, 3.63) is 78.1 Å². The fraction of sp³-hybridized carbons (Fsp3) is 0.182. The summed E-state index contributed by atoms with van der Waals surface area (Å²) in [4.78, 5) is 34.1. The van der Waals surface area contributed by atoms with Gasteiger partial charge in [-0.25, -0.2) is 9.97 Å². The minimum absolute atomic E-state index is 0.175. The zero-order valence-electron chi connectivity index (χ0n) is 15.7. The van der Waals surface area contributed by atoms with Crippen LogP contribution in [0.5, 0.6) is 11.8 Å². The molecular formula is C22H20N4O3. The first-order valence-electron chi connectivity index (χ1n) is 9.40. The van der Waals surface area contributed by atoms with Crippen LogP contribution in [0.2, 0.25) is 0 Å². The lowest BCUT2D eigenvalue weighted by atomic mass is 10.2. The lowest BCUT2D eigenvalue weighted by Gasteiger charge is -2.15. The molecule has 146 valence electrons. The van der Waals surface area contributed by atoms with Crippen molar-refractivity contribution < 1.29 is 14.3 Å². The Labute approximate surface area is 168 Å². The van der Waals surface area contributed by atoms with Gasteiger partial charge < -0.3 is 15.0 Å². The number of benzene rings is 2. The fourth-order valence-corrected chi connectivity index (χ4v) is 3.07. The minimum Gasteiger partial charge on any atom is -0.424 e. The van der Waals surface area contributed by atoms with Crippen molar-refractivity contribution in [2.45, 2.75) is 19.4 Å². The lowest BCUT2D eigenvalue weighted by molar-refractivity contribution is -0.128. The molecule has 0 radical (unpaired) electrons. The summed E-state index contributed by atoms with van der Waals surface area (Å²) in [7, 11) is 0. The first kappa shape index (κ1) is 18.6. The van der Waals surface area contributed by atoms with Crippen LogP contribution in [0.4, 0.5) is 5.69 Å². The number of likely N-dealkylation sites (tertiary alicyclic amines) is 1. The van der Waals surface area contributed by atoms with E-state index in [-0.39, 0.29) is 17.8 Å². The number of nitrogens with zero attached hydrogens (tertiary/aromatic N) is 3. The summed E-state index contributed by atoms with van der Waals surface area (Å²) in [6.45, 7) is 1.41. The van der Waals surface area contributed by atoms with Gasteiger partial charge in [-0.2, -0.15) is 0 Å². The normalized spacial score (nSPS) is 13.4. The van der Waals surface area contributed by atoms with Gasteiger partial charge in [-0.3, -0.25) is 9.59 Å². The molecule has 0 unspecified atom stereocenters. The van der Waals surface area contributed by atoms with Crippen molar-refractivity contribution in [3.63, 3.8) is 0 Å². The number of rotatable bonds is 6. The number of carbonyl (C=O) groups excluding carboxylic acids is 2. The summed E-state index contributed by atoms with van der Waals surface area (Å²) in [5, 5.41) is 2.82. The second kappa shape index (κ2) is 8.52. The SMILES string of the molecule is O=C(Nc1ccc(CN2CCCC2=O)cc1)c1cnc(Oc2ccccc2)nc1. The van der Waals surface area contributed by atoms with Gasteiger partial charge in [-0.15, -0.1) is 0 Å². The van der Waals surface area contributed by atoms with Gasteiger partial charge in [0, 0.05) is 37.6 Å². The number of nitrogens with one attached hydrogen (secondary N) is 1. The van der Waals surface area contributed by atoms with Gasteiger partial charge in [0.05, 0.1) is 5.56 Å². The van der Waals surface area contributed by atoms with Gasteiger partial charge in [0.15, 0.2) is 0 Å². The Balaban J connectivity index is 1.34.